The van der Waals surface area contributed by atoms with E-state index in [-0.39, 0.29) is 17.6 Å². The van der Waals surface area contributed by atoms with E-state index in [0.29, 0.717) is 6.54 Å². The van der Waals surface area contributed by atoms with Gasteiger partial charge in [0.1, 0.15) is 5.82 Å². The predicted octanol–water partition coefficient (Wildman–Crippen LogP) is 1.23. The number of nitrogens with one attached hydrogen (secondary N) is 1. The molecule has 1 heterocycles. The first-order chi connectivity index (χ1) is 7.55. The van der Waals surface area contributed by atoms with Gasteiger partial charge in [-0.1, -0.05) is 18.2 Å². The van der Waals surface area contributed by atoms with Gasteiger partial charge in [-0.3, -0.25) is 0 Å². The van der Waals surface area contributed by atoms with Gasteiger partial charge >= 0.3 is 0 Å². The van der Waals surface area contributed by atoms with Gasteiger partial charge in [0.05, 0.1) is 5.75 Å². The molecule has 0 radical (unpaired) electrons. The van der Waals surface area contributed by atoms with Crippen LogP contribution < -0.4 is 5.32 Å². The molecule has 1 aromatic rings. The zero-order valence-electron chi connectivity index (χ0n) is 8.56. The maximum absolute atomic E-state index is 12.9. The summed E-state index contributed by atoms with van der Waals surface area (Å²) in [5.74, 6) is -0.198. The Balaban J connectivity index is 1.92. The standard InChI is InChI=1S/C11H12FNO2S/c12-10-3-1-2-9(6-10)7-13-11-4-5-16(14,15)8-11/h1-6,11,13H,7-8H2. The minimum absolute atomic E-state index is 0.0856. The van der Waals surface area contributed by atoms with Crippen molar-refractivity contribution in [3.8, 4) is 0 Å². The van der Waals surface area contributed by atoms with E-state index < -0.39 is 9.84 Å². The second-order valence-electron chi connectivity index (χ2n) is 3.78. The van der Waals surface area contributed by atoms with Crippen molar-refractivity contribution in [2.24, 2.45) is 0 Å². The van der Waals surface area contributed by atoms with E-state index in [1.807, 2.05) is 0 Å². The normalized spacial score (nSPS) is 22.4. The van der Waals surface area contributed by atoms with Crippen LogP contribution in [0.15, 0.2) is 35.7 Å². The van der Waals surface area contributed by atoms with Gasteiger partial charge in [0.25, 0.3) is 0 Å². The molecule has 0 aliphatic carbocycles. The summed E-state index contributed by atoms with van der Waals surface area (Å²) in [6, 6.07) is 6.06. The van der Waals surface area contributed by atoms with Crippen LogP contribution >= 0.6 is 0 Å². The number of halogens is 1. The Hall–Kier alpha value is -1.20. The van der Waals surface area contributed by atoms with Crippen LogP contribution in [0.3, 0.4) is 0 Å². The average molecular weight is 241 g/mol. The molecule has 0 amide bonds. The van der Waals surface area contributed by atoms with Crippen molar-refractivity contribution in [2.45, 2.75) is 12.6 Å². The molecule has 0 saturated heterocycles. The molecule has 16 heavy (non-hydrogen) atoms. The maximum Gasteiger partial charge on any atom is 0.173 e. The molecule has 0 fully saturated rings. The highest BCUT2D eigenvalue weighted by Gasteiger charge is 2.20. The molecule has 2 rings (SSSR count). The van der Waals surface area contributed by atoms with Crippen molar-refractivity contribution in [3.63, 3.8) is 0 Å². The predicted molar refractivity (Wildman–Crippen MR) is 60.0 cm³/mol. The fraction of sp³-hybridized carbons (Fsp3) is 0.273. The van der Waals surface area contributed by atoms with Crippen LogP contribution in [0.5, 0.6) is 0 Å². The van der Waals surface area contributed by atoms with Crippen molar-refractivity contribution in [3.05, 3.63) is 47.1 Å². The van der Waals surface area contributed by atoms with Crippen LogP contribution in [0.2, 0.25) is 0 Å². The van der Waals surface area contributed by atoms with E-state index in [2.05, 4.69) is 5.32 Å². The molecule has 86 valence electrons. The zero-order valence-corrected chi connectivity index (χ0v) is 9.37. The Morgan fingerprint density at radius 3 is 2.88 bits per heavy atom. The summed E-state index contributed by atoms with van der Waals surface area (Å²) in [5, 5.41) is 4.27. The van der Waals surface area contributed by atoms with Gasteiger partial charge in [-0.2, -0.15) is 0 Å². The lowest BCUT2D eigenvalue weighted by Gasteiger charge is -2.09. The van der Waals surface area contributed by atoms with E-state index in [0.717, 1.165) is 5.56 Å². The van der Waals surface area contributed by atoms with Gasteiger partial charge in [0.15, 0.2) is 9.84 Å². The maximum atomic E-state index is 12.9. The molecule has 1 atom stereocenters. The second kappa shape index (κ2) is 4.35. The summed E-state index contributed by atoms with van der Waals surface area (Å²) in [6.45, 7) is 0.461. The number of sulfone groups is 1. The molecule has 0 saturated carbocycles. The summed E-state index contributed by atoms with van der Waals surface area (Å²) in [4.78, 5) is 0. The summed E-state index contributed by atoms with van der Waals surface area (Å²) < 4.78 is 35.1. The minimum atomic E-state index is -3.03. The highest BCUT2D eigenvalue weighted by Crippen LogP contribution is 2.09. The largest absolute Gasteiger partial charge is 0.305 e. The van der Waals surface area contributed by atoms with Crippen molar-refractivity contribution in [1.82, 2.24) is 5.32 Å². The number of rotatable bonds is 3. The lowest BCUT2D eigenvalue weighted by Crippen LogP contribution is -2.29. The molecule has 0 spiro atoms. The zero-order chi connectivity index (χ0) is 11.6. The molecule has 1 unspecified atom stereocenters. The lowest BCUT2D eigenvalue weighted by molar-refractivity contribution is 0.587. The molecule has 1 aliphatic rings. The Labute approximate surface area is 93.9 Å². The fourth-order valence-corrected chi connectivity index (χ4v) is 2.87. The lowest BCUT2D eigenvalue weighted by atomic mass is 10.2. The smallest absolute Gasteiger partial charge is 0.173 e. The Morgan fingerprint density at radius 1 is 1.44 bits per heavy atom. The Kier molecular flexibility index (Phi) is 3.07. The van der Waals surface area contributed by atoms with Crippen molar-refractivity contribution in [1.29, 1.82) is 0 Å². The highest BCUT2D eigenvalue weighted by atomic mass is 32.2. The summed E-state index contributed by atoms with van der Waals surface area (Å²) in [5.41, 5.74) is 0.803. The van der Waals surface area contributed by atoms with Gasteiger partial charge in [-0.15, -0.1) is 0 Å². The summed E-state index contributed by atoms with van der Waals surface area (Å²) in [7, 11) is -3.03. The molecule has 0 bridgehead atoms. The molecular formula is C11H12FNO2S. The molecule has 3 nitrogen and oxygen atoms in total. The van der Waals surface area contributed by atoms with E-state index in [1.165, 1.54) is 17.5 Å². The third kappa shape index (κ3) is 2.90. The van der Waals surface area contributed by atoms with Crippen LogP contribution in [-0.4, -0.2) is 20.2 Å². The topological polar surface area (TPSA) is 46.2 Å². The van der Waals surface area contributed by atoms with E-state index >= 15 is 0 Å². The third-order valence-corrected chi connectivity index (χ3v) is 3.78. The Bertz CT molecular complexity index is 510. The number of benzene rings is 1. The monoisotopic (exact) mass is 241 g/mol. The van der Waals surface area contributed by atoms with Gasteiger partial charge in [-0.05, 0) is 17.7 Å². The molecule has 0 aromatic heterocycles. The summed E-state index contributed by atoms with van der Waals surface area (Å²) in [6.07, 6.45) is 1.62. The van der Waals surface area contributed by atoms with Gasteiger partial charge < -0.3 is 5.32 Å². The first-order valence-electron chi connectivity index (χ1n) is 4.94. The first-order valence-corrected chi connectivity index (χ1v) is 6.65. The van der Waals surface area contributed by atoms with Gasteiger partial charge in [0.2, 0.25) is 0 Å². The molecular weight excluding hydrogens is 229 g/mol. The number of hydrogen-bond acceptors (Lipinski definition) is 3. The minimum Gasteiger partial charge on any atom is -0.305 e. The third-order valence-electron chi connectivity index (χ3n) is 2.39. The molecule has 1 N–H and O–H groups in total. The van der Waals surface area contributed by atoms with Crippen LogP contribution in [0.1, 0.15) is 5.56 Å². The van der Waals surface area contributed by atoms with Gasteiger partial charge in [-0.25, -0.2) is 12.8 Å². The Morgan fingerprint density at radius 2 is 2.25 bits per heavy atom. The quantitative estimate of drug-likeness (QED) is 0.865. The van der Waals surface area contributed by atoms with Crippen molar-refractivity contribution in [2.75, 3.05) is 5.75 Å². The first kappa shape index (κ1) is 11.3. The van der Waals surface area contributed by atoms with E-state index in [9.17, 15) is 12.8 Å². The van der Waals surface area contributed by atoms with Crippen LogP contribution in [0, 0.1) is 5.82 Å². The van der Waals surface area contributed by atoms with Gasteiger partial charge in [0, 0.05) is 18.0 Å². The number of hydrogen-bond donors (Lipinski definition) is 1. The molecule has 1 aromatic carbocycles. The average Bonchev–Trinajstić information content (AvgIpc) is 2.56. The van der Waals surface area contributed by atoms with Crippen molar-refractivity contribution < 1.29 is 12.8 Å². The van der Waals surface area contributed by atoms with Crippen molar-refractivity contribution >= 4 is 9.84 Å². The van der Waals surface area contributed by atoms with Crippen LogP contribution in [-0.2, 0) is 16.4 Å². The molecule has 5 heteroatoms. The van der Waals surface area contributed by atoms with E-state index in [1.54, 1.807) is 18.2 Å². The fourth-order valence-electron chi connectivity index (χ4n) is 1.60. The molecule has 1 aliphatic heterocycles. The van der Waals surface area contributed by atoms with Crippen LogP contribution in [0.4, 0.5) is 4.39 Å². The van der Waals surface area contributed by atoms with Crippen LogP contribution in [0.25, 0.3) is 0 Å². The summed E-state index contributed by atoms with van der Waals surface area (Å²) >= 11 is 0. The SMILES string of the molecule is O=S1(=O)C=CC(NCc2cccc(F)c2)C1. The van der Waals surface area contributed by atoms with E-state index in [4.69, 9.17) is 0 Å². The second-order valence-corrected chi connectivity index (χ2v) is 5.71. The highest BCUT2D eigenvalue weighted by molar-refractivity contribution is 7.94.